The van der Waals surface area contributed by atoms with E-state index in [0.717, 1.165) is 32.3 Å². The summed E-state index contributed by atoms with van der Waals surface area (Å²) < 4.78 is 5.49. The van der Waals surface area contributed by atoms with Crippen LogP contribution in [0.4, 0.5) is 4.79 Å². The summed E-state index contributed by atoms with van der Waals surface area (Å²) in [7, 11) is 1.72. The molecule has 1 aliphatic carbocycles. The standard InChI is InChI=1S/C14H24N2O4/c1-16(9-11-5-4-8-20-11)13(19)15-10-14(12(17)18)6-2-3-7-14/h11H,2-10H2,1H3,(H,15,19)(H,17,18). The number of carboxylic acids is 1. The number of hydrogen-bond donors (Lipinski definition) is 2. The summed E-state index contributed by atoms with van der Waals surface area (Å²) in [6, 6.07) is -0.215. The van der Waals surface area contributed by atoms with Crippen molar-refractivity contribution in [3.63, 3.8) is 0 Å². The number of nitrogens with zero attached hydrogens (tertiary/aromatic N) is 1. The molecule has 2 amide bonds. The first kappa shape index (κ1) is 15.1. The highest BCUT2D eigenvalue weighted by Crippen LogP contribution is 2.37. The lowest BCUT2D eigenvalue weighted by atomic mass is 9.86. The lowest BCUT2D eigenvalue weighted by molar-refractivity contribution is -0.148. The molecule has 6 heteroatoms. The van der Waals surface area contributed by atoms with Gasteiger partial charge in [-0.25, -0.2) is 4.79 Å². The van der Waals surface area contributed by atoms with Gasteiger partial charge in [0.05, 0.1) is 11.5 Å². The Balaban J connectivity index is 1.79. The fraction of sp³-hybridized carbons (Fsp3) is 0.857. The van der Waals surface area contributed by atoms with Gasteiger partial charge < -0.3 is 20.1 Å². The number of carbonyl (C=O) groups excluding carboxylic acids is 1. The van der Waals surface area contributed by atoms with E-state index < -0.39 is 11.4 Å². The van der Waals surface area contributed by atoms with Crippen LogP contribution in [0, 0.1) is 5.41 Å². The quantitative estimate of drug-likeness (QED) is 0.801. The first-order valence-electron chi connectivity index (χ1n) is 7.37. The van der Waals surface area contributed by atoms with Crippen molar-refractivity contribution >= 4 is 12.0 Å². The number of nitrogens with one attached hydrogen (secondary N) is 1. The fourth-order valence-corrected chi connectivity index (χ4v) is 3.07. The van der Waals surface area contributed by atoms with E-state index in [1.807, 2.05) is 0 Å². The average Bonchev–Trinajstić information content (AvgIpc) is 3.07. The van der Waals surface area contributed by atoms with Crippen LogP contribution < -0.4 is 5.32 Å². The van der Waals surface area contributed by atoms with Crippen LogP contribution in [0.3, 0.4) is 0 Å². The van der Waals surface area contributed by atoms with E-state index in [-0.39, 0.29) is 18.7 Å². The summed E-state index contributed by atoms with van der Waals surface area (Å²) in [6.07, 6.45) is 5.29. The maximum absolute atomic E-state index is 12.0. The summed E-state index contributed by atoms with van der Waals surface area (Å²) in [6.45, 7) is 1.55. The summed E-state index contributed by atoms with van der Waals surface area (Å²) in [4.78, 5) is 25.0. The Morgan fingerprint density at radius 1 is 1.35 bits per heavy atom. The second-order valence-electron chi connectivity index (χ2n) is 5.97. The van der Waals surface area contributed by atoms with Crippen LogP contribution in [0.15, 0.2) is 0 Å². The minimum absolute atomic E-state index is 0.116. The molecule has 2 aliphatic rings. The largest absolute Gasteiger partial charge is 0.481 e. The number of hydrogen-bond acceptors (Lipinski definition) is 3. The summed E-state index contributed by atoms with van der Waals surface area (Å²) >= 11 is 0. The minimum atomic E-state index is -0.794. The van der Waals surface area contributed by atoms with Crippen molar-refractivity contribution < 1.29 is 19.4 Å². The molecular formula is C14H24N2O4. The van der Waals surface area contributed by atoms with Crippen LogP contribution in [0.1, 0.15) is 38.5 Å². The Bertz CT molecular complexity index is 360. The van der Waals surface area contributed by atoms with Gasteiger partial charge in [-0.2, -0.15) is 0 Å². The molecule has 0 aromatic carbocycles. The van der Waals surface area contributed by atoms with Crippen molar-refractivity contribution in [3.05, 3.63) is 0 Å². The van der Waals surface area contributed by atoms with Crippen LogP contribution in [-0.4, -0.2) is 54.9 Å². The molecule has 1 saturated heterocycles. The molecule has 2 N–H and O–H groups in total. The number of carboxylic acid groups (broad SMARTS) is 1. The number of likely N-dealkylation sites (N-methyl/N-ethyl adjacent to an activating group) is 1. The maximum Gasteiger partial charge on any atom is 0.317 e. The number of ether oxygens (including phenoxy) is 1. The third-order valence-electron chi connectivity index (χ3n) is 4.44. The maximum atomic E-state index is 12.0. The molecule has 1 saturated carbocycles. The van der Waals surface area contributed by atoms with Gasteiger partial charge in [-0.3, -0.25) is 4.79 Å². The third-order valence-corrected chi connectivity index (χ3v) is 4.44. The van der Waals surface area contributed by atoms with Gasteiger partial charge in [0.2, 0.25) is 0 Å². The molecule has 0 spiro atoms. The first-order valence-corrected chi connectivity index (χ1v) is 7.37. The zero-order valence-electron chi connectivity index (χ0n) is 12.1. The Kier molecular flexibility index (Phi) is 4.86. The zero-order valence-corrected chi connectivity index (χ0v) is 12.1. The molecule has 6 nitrogen and oxygen atoms in total. The molecule has 114 valence electrons. The molecule has 2 fully saturated rings. The molecule has 0 radical (unpaired) electrons. The SMILES string of the molecule is CN(CC1CCCO1)C(=O)NCC1(C(=O)O)CCCC1. The Morgan fingerprint density at radius 2 is 2.05 bits per heavy atom. The lowest BCUT2D eigenvalue weighted by Gasteiger charge is -2.27. The topological polar surface area (TPSA) is 78.9 Å². The average molecular weight is 284 g/mol. The Hall–Kier alpha value is -1.30. The van der Waals surface area contributed by atoms with E-state index in [2.05, 4.69) is 5.32 Å². The second-order valence-corrected chi connectivity index (χ2v) is 5.97. The van der Waals surface area contributed by atoms with Crippen molar-refractivity contribution in [1.82, 2.24) is 10.2 Å². The molecule has 20 heavy (non-hydrogen) atoms. The minimum Gasteiger partial charge on any atom is -0.481 e. The van der Waals surface area contributed by atoms with E-state index in [1.54, 1.807) is 11.9 Å². The molecule has 1 heterocycles. The van der Waals surface area contributed by atoms with Gasteiger partial charge in [-0.1, -0.05) is 12.8 Å². The first-order chi connectivity index (χ1) is 9.53. The van der Waals surface area contributed by atoms with Crippen LogP contribution >= 0.6 is 0 Å². The number of rotatable bonds is 5. The highest BCUT2D eigenvalue weighted by atomic mass is 16.5. The van der Waals surface area contributed by atoms with Gasteiger partial charge in [0.1, 0.15) is 0 Å². The number of urea groups is 1. The zero-order chi connectivity index (χ0) is 14.6. The molecule has 0 aromatic heterocycles. The molecule has 1 aliphatic heterocycles. The Morgan fingerprint density at radius 3 is 2.60 bits per heavy atom. The van der Waals surface area contributed by atoms with Gasteiger partial charge >= 0.3 is 12.0 Å². The summed E-state index contributed by atoms with van der Waals surface area (Å²) in [5.74, 6) is -0.794. The van der Waals surface area contributed by atoms with Crippen LogP contribution in [0.5, 0.6) is 0 Å². The van der Waals surface area contributed by atoms with Gasteiger partial charge in [0, 0.05) is 26.7 Å². The van der Waals surface area contributed by atoms with Crippen molar-refractivity contribution in [1.29, 1.82) is 0 Å². The molecule has 0 bridgehead atoms. The normalized spacial score (nSPS) is 24.6. The predicted octanol–water partition coefficient (Wildman–Crippen LogP) is 1.45. The van der Waals surface area contributed by atoms with Gasteiger partial charge in [-0.15, -0.1) is 0 Å². The lowest BCUT2D eigenvalue weighted by Crippen LogP contribution is -2.47. The smallest absolute Gasteiger partial charge is 0.317 e. The van der Waals surface area contributed by atoms with Gasteiger partial charge in [-0.05, 0) is 25.7 Å². The van der Waals surface area contributed by atoms with E-state index >= 15 is 0 Å². The van der Waals surface area contributed by atoms with Crippen molar-refractivity contribution in [2.24, 2.45) is 5.41 Å². The van der Waals surface area contributed by atoms with Crippen molar-refractivity contribution in [3.8, 4) is 0 Å². The molecule has 1 atom stereocenters. The highest BCUT2D eigenvalue weighted by Gasteiger charge is 2.41. The van der Waals surface area contributed by atoms with Crippen molar-refractivity contribution in [2.75, 3.05) is 26.7 Å². The third kappa shape index (κ3) is 3.42. The molecular weight excluding hydrogens is 260 g/mol. The Labute approximate surface area is 119 Å². The molecule has 2 rings (SSSR count). The number of amides is 2. The summed E-state index contributed by atoms with van der Waals surface area (Å²) in [5, 5.41) is 12.1. The van der Waals surface area contributed by atoms with E-state index in [9.17, 15) is 14.7 Å². The molecule has 1 unspecified atom stereocenters. The van der Waals surface area contributed by atoms with Gasteiger partial charge in [0.25, 0.3) is 0 Å². The van der Waals surface area contributed by atoms with E-state index in [1.165, 1.54) is 0 Å². The van der Waals surface area contributed by atoms with Gasteiger partial charge in [0.15, 0.2) is 0 Å². The number of aliphatic carboxylic acids is 1. The second kappa shape index (κ2) is 6.43. The van der Waals surface area contributed by atoms with E-state index in [4.69, 9.17) is 4.74 Å². The summed E-state index contributed by atoms with van der Waals surface area (Å²) in [5.41, 5.74) is -0.764. The van der Waals surface area contributed by atoms with Crippen molar-refractivity contribution in [2.45, 2.75) is 44.6 Å². The van der Waals surface area contributed by atoms with Crippen LogP contribution in [0.25, 0.3) is 0 Å². The predicted molar refractivity (Wildman–Crippen MR) is 73.5 cm³/mol. The fourth-order valence-electron chi connectivity index (χ4n) is 3.07. The van der Waals surface area contributed by atoms with Crippen LogP contribution in [0.2, 0.25) is 0 Å². The van der Waals surface area contributed by atoms with E-state index in [0.29, 0.717) is 19.4 Å². The number of carbonyl (C=O) groups is 2. The highest BCUT2D eigenvalue weighted by molar-refractivity contribution is 5.78. The van der Waals surface area contributed by atoms with Crippen LogP contribution in [-0.2, 0) is 9.53 Å². The molecule has 0 aromatic rings. The monoisotopic (exact) mass is 284 g/mol.